The molecular weight excluding hydrogens is 240 g/mol. The zero-order valence-corrected chi connectivity index (χ0v) is 12.8. The number of carbonyl (C=O) groups excluding carboxylic acids is 1. The average molecular weight is 266 g/mol. The highest BCUT2D eigenvalue weighted by Crippen LogP contribution is 2.27. The van der Waals surface area contributed by atoms with Crippen LogP contribution >= 0.6 is 0 Å². The summed E-state index contributed by atoms with van der Waals surface area (Å²) < 4.78 is 0. The van der Waals surface area contributed by atoms with Crippen molar-refractivity contribution in [2.45, 2.75) is 59.9 Å². The number of rotatable bonds is 4. The van der Waals surface area contributed by atoms with Gasteiger partial charge in [0.2, 0.25) is 0 Å². The van der Waals surface area contributed by atoms with Crippen LogP contribution in [0, 0.1) is 5.41 Å². The van der Waals surface area contributed by atoms with Crippen molar-refractivity contribution < 1.29 is 4.79 Å². The normalized spacial score (nSPS) is 12.5. The fourth-order valence-electron chi connectivity index (χ4n) is 2.57. The summed E-state index contributed by atoms with van der Waals surface area (Å²) >= 11 is 0. The van der Waals surface area contributed by atoms with Gasteiger partial charge in [-0.25, -0.2) is 0 Å². The molecule has 1 aromatic rings. The smallest absolute Gasteiger partial charge is 0.274 e. The predicted octanol–water partition coefficient (Wildman–Crippen LogP) is 2.50. The van der Waals surface area contributed by atoms with E-state index in [-0.39, 0.29) is 16.9 Å². The molecule has 0 atom stereocenters. The third-order valence-electron chi connectivity index (χ3n) is 2.88. The van der Waals surface area contributed by atoms with E-state index in [0.717, 1.165) is 18.5 Å². The maximum Gasteiger partial charge on any atom is 0.274 e. The zero-order chi connectivity index (χ0) is 14.8. The number of aryl methyl sites for hydroxylation is 1. The van der Waals surface area contributed by atoms with Crippen LogP contribution in [0.1, 0.15) is 64.1 Å². The van der Waals surface area contributed by atoms with Crippen LogP contribution in [-0.4, -0.2) is 21.6 Å². The van der Waals surface area contributed by atoms with Gasteiger partial charge in [0, 0.05) is 5.54 Å². The van der Waals surface area contributed by atoms with Gasteiger partial charge in [0.05, 0.1) is 11.4 Å². The van der Waals surface area contributed by atoms with Gasteiger partial charge in [-0.05, 0) is 32.1 Å². The molecule has 1 aromatic heterocycles. The molecule has 0 aromatic carbocycles. The minimum absolute atomic E-state index is 0.141. The number of aromatic amines is 1. The molecule has 0 fully saturated rings. The number of hydrogen-bond acceptors (Lipinski definition) is 3. The second kappa shape index (κ2) is 5.23. The van der Waals surface area contributed by atoms with Gasteiger partial charge in [0.25, 0.3) is 5.91 Å². The predicted molar refractivity (Wildman–Crippen MR) is 78.0 cm³/mol. The second-order valence-electron chi connectivity index (χ2n) is 6.89. The fourth-order valence-corrected chi connectivity index (χ4v) is 2.57. The third-order valence-corrected chi connectivity index (χ3v) is 2.88. The molecule has 5 nitrogen and oxygen atoms in total. The summed E-state index contributed by atoms with van der Waals surface area (Å²) in [6.07, 6.45) is 1.61. The first-order valence-corrected chi connectivity index (χ1v) is 6.71. The molecule has 1 amide bonds. The number of carbonyl (C=O) groups is 1. The summed E-state index contributed by atoms with van der Waals surface area (Å²) in [5.41, 5.74) is 7.29. The summed E-state index contributed by atoms with van der Waals surface area (Å²) in [6.45, 7) is 12.4. The lowest BCUT2D eigenvalue weighted by molar-refractivity contribution is 0.0887. The molecule has 0 spiro atoms. The number of hydrogen-bond donors (Lipinski definition) is 3. The Kier molecular flexibility index (Phi) is 4.28. The molecule has 0 bridgehead atoms. The van der Waals surface area contributed by atoms with E-state index >= 15 is 0 Å². The Labute approximate surface area is 115 Å². The number of H-pyrrole nitrogens is 1. The van der Waals surface area contributed by atoms with Crippen molar-refractivity contribution >= 4 is 11.6 Å². The highest BCUT2D eigenvalue weighted by molar-refractivity contribution is 5.98. The van der Waals surface area contributed by atoms with Crippen LogP contribution in [0.15, 0.2) is 0 Å². The Hall–Kier alpha value is -1.52. The molecule has 0 saturated carbocycles. The van der Waals surface area contributed by atoms with Crippen molar-refractivity contribution in [2.75, 3.05) is 5.73 Å². The maximum atomic E-state index is 12.2. The van der Waals surface area contributed by atoms with E-state index in [2.05, 4.69) is 36.3 Å². The molecule has 0 aliphatic carbocycles. The lowest BCUT2D eigenvalue weighted by Crippen LogP contribution is -2.46. The van der Waals surface area contributed by atoms with Gasteiger partial charge < -0.3 is 11.1 Å². The van der Waals surface area contributed by atoms with Crippen molar-refractivity contribution in [1.82, 2.24) is 15.5 Å². The van der Waals surface area contributed by atoms with Crippen molar-refractivity contribution in [2.24, 2.45) is 5.41 Å². The Morgan fingerprint density at radius 2 is 1.89 bits per heavy atom. The Morgan fingerprint density at radius 3 is 2.32 bits per heavy atom. The first-order valence-electron chi connectivity index (χ1n) is 6.71. The van der Waals surface area contributed by atoms with Crippen molar-refractivity contribution in [3.05, 3.63) is 11.4 Å². The molecule has 19 heavy (non-hydrogen) atoms. The molecule has 0 aliphatic heterocycles. The number of nitrogens with one attached hydrogen (secondary N) is 2. The summed E-state index contributed by atoms with van der Waals surface area (Å²) in [7, 11) is 0. The number of nitrogen functional groups attached to an aromatic ring is 1. The van der Waals surface area contributed by atoms with Crippen molar-refractivity contribution in [3.8, 4) is 0 Å². The molecule has 5 heteroatoms. The summed E-state index contributed by atoms with van der Waals surface area (Å²) in [5, 5.41) is 9.81. The maximum absolute atomic E-state index is 12.2. The highest BCUT2D eigenvalue weighted by atomic mass is 16.2. The van der Waals surface area contributed by atoms with Crippen LogP contribution in [-0.2, 0) is 6.42 Å². The number of aromatic nitrogens is 2. The van der Waals surface area contributed by atoms with Gasteiger partial charge in [-0.15, -0.1) is 0 Å². The lowest BCUT2D eigenvalue weighted by Gasteiger charge is -2.33. The SMILES string of the molecule is CCc1[nH]nc(C(=O)NC(C)(C)CC(C)(C)C)c1N. The average Bonchev–Trinajstić information content (AvgIpc) is 2.54. The van der Waals surface area contributed by atoms with Gasteiger partial charge in [-0.2, -0.15) is 5.10 Å². The highest BCUT2D eigenvalue weighted by Gasteiger charge is 2.29. The van der Waals surface area contributed by atoms with Crippen molar-refractivity contribution in [3.63, 3.8) is 0 Å². The Morgan fingerprint density at radius 1 is 1.32 bits per heavy atom. The summed E-state index contributed by atoms with van der Waals surface area (Å²) in [5.74, 6) is -0.220. The number of nitrogens with two attached hydrogens (primary N) is 1. The zero-order valence-electron chi connectivity index (χ0n) is 12.8. The topological polar surface area (TPSA) is 83.8 Å². The Balaban J connectivity index is 2.82. The molecule has 0 aliphatic rings. The van der Waals surface area contributed by atoms with Gasteiger partial charge in [-0.1, -0.05) is 27.7 Å². The van der Waals surface area contributed by atoms with E-state index < -0.39 is 0 Å². The largest absolute Gasteiger partial charge is 0.395 e. The van der Waals surface area contributed by atoms with E-state index in [1.807, 2.05) is 20.8 Å². The third kappa shape index (κ3) is 4.26. The number of nitrogens with zero attached hydrogens (tertiary/aromatic N) is 1. The molecule has 108 valence electrons. The van der Waals surface area contributed by atoms with Crippen LogP contribution in [0.25, 0.3) is 0 Å². The van der Waals surface area contributed by atoms with Crippen LogP contribution in [0.4, 0.5) is 5.69 Å². The molecule has 4 N–H and O–H groups in total. The minimum Gasteiger partial charge on any atom is -0.395 e. The second-order valence-corrected chi connectivity index (χ2v) is 6.89. The van der Waals surface area contributed by atoms with Crippen LogP contribution in [0.5, 0.6) is 0 Å². The van der Waals surface area contributed by atoms with E-state index in [1.165, 1.54) is 0 Å². The number of anilines is 1. The first-order chi connectivity index (χ1) is 8.56. The summed E-state index contributed by atoms with van der Waals surface area (Å²) in [4.78, 5) is 12.2. The van der Waals surface area contributed by atoms with Crippen molar-refractivity contribution in [1.29, 1.82) is 0 Å². The molecule has 0 radical (unpaired) electrons. The van der Waals surface area contributed by atoms with E-state index in [1.54, 1.807) is 0 Å². The van der Waals surface area contributed by atoms with Crippen LogP contribution in [0.2, 0.25) is 0 Å². The molecule has 0 saturated heterocycles. The van der Waals surface area contributed by atoms with Gasteiger partial charge in [-0.3, -0.25) is 9.89 Å². The lowest BCUT2D eigenvalue weighted by atomic mass is 9.82. The molecular formula is C14H26N4O. The standard InChI is InChI=1S/C14H26N4O/c1-7-9-10(15)11(18-17-9)12(19)16-14(5,6)8-13(2,3)4/h7-8,15H2,1-6H3,(H,16,19)(H,17,18). The van der Waals surface area contributed by atoms with Gasteiger partial charge >= 0.3 is 0 Å². The van der Waals surface area contributed by atoms with Crippen LogP contribution in [0.3, 0.4) is 0 Å². The van der Waals surface area contributed by atoms with E-state index in [9.17, 15) is 4.79 Å². The molecule has 1 heterocycles. The van der Waals surface area contributed by atoms with E-state index in [0.29, 0.717) is 11.4 Å². The first kappa shape index (κ1) is 15.5. The number of amides is 1. The quantitative estimate of drug-likeness (QED) is 0.783. The van der Waals surface area contributed by atoms with E-state index in [4.69, 9.17) is 5.73 Å². The monoisotopic (exact) mass is 266 g/mol. The minimum atomic E-state index is -0.299. The van der Waals surface area contributed by atoms with Gasteiger partial charge in [0.1, 0.15) is 0 Å². The molecule has 0 unspecified atom stereocenters. The molecule has 1 rings (SSSR count). The fraction of sp³-hybridized carbons (Fsp3) is 0.714. The van der Waals surface area contributed by atoms with Crippen LogP contribution < -0.4 is 11.1 Å². The Bertz CT molecular complexity index is 455. The van der Waals surface area contributed by atoms with Gasteiger partial charge in [0.15, 0.2) is 5.69 Å². The summed E-state index contributed by atoms with van der Waals surface area (Å²) in [6, 6.07) is 0.